The Labute approximate surface area is 87.6 Å². The summed E-state index contributed by atoms with van der Waals surface area (Å²) in [4.78, 5) is 0. The number of ether oxygens (including phenoxy) is 1. The molecule has 1 aromatic rings. The SMILES string of the molecule is Nc1ccc(OCCS(=O)(=O)O)cc1N. The molecule has 5 N–H and O–H groups in total. The summed E-state index contributed by atoms with van der Waals surface area (Å²) in [5.41, 5.74) is 11.8. The van der Waals surface area contributed by atoms with Gasteiger partial charge in [0.1, 0.15) is 18.1 Å². The van der Waals surface area contributed by atoms with Gasteiger partial charge in [0.15, 0.2) is 0 Å². The molecule has 0 radical (unpaired) electrons. The van der Waals surface area contributed by atoms with Crippen molar-refractivity contribution in [3.8, 4) is 5.75 Å². The molecule has 0 spiro atoms. The molecule has 0 aliphatic rings. The van der Waals surface area contributed by atoms with E-state index in [1.807, 2.05) is 0 Å². The number of hydrogen-bond donors (Lipinski definition) is 3. The van der Waals surface area contributed by atoms with Crippen LogP contribution < -0.4 is 16.2 Å². The van der Waals surface area contributed by atoms with Crippen LogP contribution in [0.2, 0.25) is 0 Å². The van der Waals surface area contributed by atoms with Gasteiger partial charge in [-0.3, -0.25) is 4.55 Å². The number of benzene rings is 1. The third kappa shape index (κ3) is 4.05. The van der Waals surface area contributed by atoms with Crippen molar-refractivity contribution in [1.82, 2.24) is 0 Å². The van der Waals surface area contributed by atoms with Crippen molar-refractivity contribution in [1.29, 1.82) is 0 Å². The third-order valence-corrected chi connectivity index (χ3v) is 2.35. The van der Waals surface area contributed by atoms with E-state index in [1.165, 1.54) is 6.07 Å². The van der Waals surface area contributed by atoms with Crippen molar-refractivity contribution in [2.24, 2.45) is 0 Å². The Morgan fingerprint density at radius 2 is 1.93 bits per heavy atom. The van der Waals surface area contributed by atoms with E-state index < -0.39 is 15.9 Å². The smallest absolute Gasteiger partial charge is 0.268 e. The number of anilines is 2. The van der Waals surface area contributed by atoms with Crippen LogP contribution in [0.5, 0.6) is 5.75 Å². The predicted molar refractivity (Wildman–Crippen MR) is 57.2 cm³/mol. The zero-order valence-corrected chi connectivity index (χ0v) is 8.70. The first-order chi connectivity index (χ1) is 6.88. The van der Waals surface area contributed by atoms with Crippen molar-refractivity contribution >= 4 is 21.5 Å². The summed E-state index contributed by atoms with van der Waals surface area (Å²) in [7, 11) is -3.99. The van der Waals surface area contributed by atoms with Crippen molar-refractivity contribution in [2.45, 2.75) is 0 Å². The van der Waals surface area contributed by atoms with Crippen LogP contribution in [0.15, 0.2) is 18.2 Å². The number of hydrogen-bond acceptors (Lipinski definition) is 5. The third-order valence-electron chi connectivity index (χ3n) is 1.67. The van der Waals surface area contributed by atoms with E-state index in [-0.39, 0.29) is 6.61 Å². The second-order valence-corrected chi connectivity index (χ2v) is 4.50. The first kappa shape index (κ1) is 11.6. The van der Waals surface area contributed by atoms with Crippen LogP contribution >= 0.6 is 0 Å². The van der Waals surface area contributed by atoms with Gasteiger partial charge in [0.05, 0.1) is 11.4 Å². The van der Waals surface area contributed by atoms with Crippen molar-refractivity contribution in [3.05, 3.63) is 18.2 Å². The van der Waals surface area contributed by atoms with E-state index in [9.17, 15) is 8.42 Å². The average Bonchev–Trinajstić information content (AvgIpc) is 2.09. The van der Waals surface area contributed by atoms with Crippen LogP contribution in [-0.2, 0) is 10.1 Å². The Bertz CT molecular complexity index is 444. The maximum absolute atomic E-state index is 10.4. The molecular formula is C8H12N2O4S. The van der Waals surface area contributed by atoms with Crippen LogP contribution in [0.4, 0.5) is 11.4 Å². The molecule has 0 saturated carbocycles. The molecule has 6 nitrogen and oxygen atoms in total. The summed E-state index contributed by atoms with van der Waals surface area (Å²) in [6.07, 6.45) is 0. The highest BCUT2D eigenvalue weighted by Gasteiger charge is 2.05. The van der Waals surface area contributed by atoms with Gasteiger partial charge in [-0.05, 0) is 12.1 Å². The zero-order chi connectivity index (χ0) is 11.5. The molecule has 1 rings (SSSR count). The maximum Gasteiger partial charge on any atom is 0.268 e. The molecule has 84 valence electrons. The zero-order valence-electron chi connectivity index (χ0n) is 7.88. The Kier molecular flexibility index (Phi) is 3.38. The predicted octanol–water partition coefficient (Wildman–Crippen LogP) is 0.118. The number of rotatable bonds is 4. The number of nitrogen functional groups attached to an aromatic ring is 2. The van der Waals surface area contributed by atoms with Gasteiger partial charge in [0, 0.05) is 6.07 Å². The lowest BCUT2D eigenvalue weighted by Crippen LogP contribution is -2.12. The Hall–Kier alpha value is -1.47. The summed E-state index contributed by atoms with van der Waals surface area (Å²) in [6, 6.07) is 4.60. The Morgan fingerprint density at radius 1 is 1.27 bits per heavy atom. The molecule has 0 aliphatic carbocycles. The molecule has 0 bridgehead atoms. The second-order valence-electron chi connectivity index (χ2n) is 2.93. The molecule has 0 atom stereocenters. The largest absolute Gasteiger partial charge is 0.492 e. The molecule has 0 unspecified atom stereocenters. The molecule has 0 saturated heterocycles. The summed E-state index contributed by atoms with van der Waals surface area (Å²) < 4.78 is 34.2. The van der Waals surface area contributed by atoms with Crippen molar-refractivity contribution < 1.29 is 17.7 Å². The van der Waals surface area contributed by atoms with E-state index in [2.05, 4.69) is 0 Å². The quantitative estimate of drug-likeness (QED) is 0.501. The highest BCUT2D eigenvalue weighted by molar-refractivity contribution is 7.85. The van der Waals surface area contributed by atoms with E-state index in [4.69, 9.17) is 20.8 Å². The van der Waals surface area contributed by atoms with Crippen molar-refractivity contribution in [3.63, 3.8) is 0 Å². The van der Waals surface area contributed by atoms with Crippen LogP contribution in [0.1, 0.15) is 0 Å². The highest BCUT2D eigenvalue weighted by Crippen LogP contribution is 2.21. The van der Waals surface area contributed by atoms with Gasteiger partial charge >= 0.3 is 0 Å². The monoisotopic (exact) mass is 232 g/mol. The molecule has 0 amide bonds. The van der Waals surface area contributed by atoms with Gasteiger partial charge in [-0.1, -0.05) is 0 Å². The minimum absolute atomic E-state index is 0.137. The van der Waals surface area contributed by atoms with E-state index in [0.717, 1.165) is 0 Å². The molecule has 0 aromatic heterocycles. The van der Waals surface area contributed by atoms with E-state index >= 15 is 0 Å². The van der Waals surface area contributed by atoms with E-state index in [1.54, 1.807) is 12.1 Å². The topological polar surface area (TPSA) is 116 Å². The van der Waals surface area contributed by atoms with Gasteiger partial charge < -0.3 is 16.2 Å². The average molecular weight is 232 g/mol. The summed E-state index contributed by atoms with van der Waals surface area (Å²) >= 11 is 0. The van der Waals surface area contributed by atoms with Crippen LogP contribution in [-0.4, -0.2) is 25.3 Å². The van der Waals surface area contributed by atoms with Crippen molar-refractivity contribution in [2.75, 3.05) is 23.8 Å². The maximum atomic E-state index is 10.4. The fraction of sp³-hybridized carbons (Fsp3) is 0.250. The fourth-order valence-corrected chi connectivity index (χ4v) is 1.20. The minimum Gasteiger partial charge on any atom is -0.492 e. The number of nitrogens with two attached hydrogens (primary N) is 2. The van der Waals surface area contributed by atoms with Gasteiger partial charge in [-0.15, -0.1) is 0 Å². The summed E-state index contributed by atoms with van der Waals surface area (Å²) in [5, 5.41) is 0. The molecule has 0 heterocycles. The Morgan fingerprint density at radius 3 is 2.47 bits per heavy atom. The lowest BCUT2D eigenvalue weighted by atomic mass is 10.2. The Balaban J connectivity index is 2.55. The van der Waals surface area contributed by atoms with Crippen LogP contribution in [0.25, 0.3) is 0 Å². The lowest BCUT2D eigenvalue weighted by Gasteiger charge is -2.06. The van der Waals surface area contributed by atoms with Crippen LogP contribution in [0.3, 0.4) is 0 Å². The minimum atomic E-state index is -3.99. The molecular weight excluding hydrogens is 220 g/mol. The second kappa shape index (κ2) is 4.37. The molecule has 7 heteroatoms. The lowest BCUT2D eigenvalue weighted by molar-refractivity contribution is 0.336. The van der Waals surface area contributed by atoms with Crippen LogP contribution in [0, 0.1) is 0 Å². The summed E-state index contributed by atoms with van der Waals surface area (Å²) in [6.45, 7) is -0.137. The van der Waals surface area contributed by atoms with Gasteiger partial charge in [0.25, 0.3) is 10.1 Å². The fourth-order valence-electron chi connectivity index (χ4n) is 0.907. The normalized spacial score (nSPS) is 11.3. The first-order valence-electron chi connectivity index (χ1n) is 4.11. The summed E-state index contributed by atoms with van der Waals surface area (Å²) in [5.74, 6) is -0.0533. The van der Waals surface area contributed by atoms with Gasteiger partial charge in [0.2, 0.25) is 0 Å². The molecule has 15 heavy (non-hydrogen) atoms. The first-order valence-corrected chi connectivity index (χ1v) is 5.72. The van der Waals surface area contributed by atoms with E-state index in [0.29, 0.717) is 17.1 Å². The highest BCUT2D eigenvalue weighted by atomic mass is 32.2. The standard InChI is InChI=1S/C8H12N2O4S/c9-7-2-1-6(5-8(7)10)14-3-4-15(11,12)13/h1-2,5H,3-4,9-10H2,(H,11,12,13). The molecule has 0 fully saturated rings. The van der Waals surface area contributed by atoms with Gasteiger partial charge in [-0.2, -0.15) is 8.42 Å². The van der Waals surface area contributed by atoms with Gasteiger partial charge in [-0.25, -0.2) is 0 Å². The molecule has 0 aliphatic heterocycles. The molecule has 1 aromatic carbocycles.